The van der Waals surface area contributed by atoms with E-state index in [9.17, 15) is 9.59 Å². The number of hydrogen-bond acceptors (Lipinski definition) is 7. The number of hydrogen-bond donors (Lipinski definition) is 1. The van der Waals surface area contributed by atoms with Gasteiger partial charge in [-0.3, -0.25) is 19.2 Å². The predicted octanol–water partition coefficient (Wildman–Crippen LogP) is 1.27. The summed E-state index contributed by atoms with van der Waals surface area (Å²) < 4.78 is 7.15. The third-order valence-electron chi connectivity index (χ3n) is 4.44. The van der Waals surface area contributed by atoms with Gasteiger partial charge >= 0.3 is 0 Å². The molecule has 1 atom stereocenters. The molecule has 1 aliphatic heterocycles. The van der Waals surface area contributed by atoms with Crippen LogP contribution in [0, 0.1) is 12.8 Å². The van der Waals surface area contributed by atoms with E-state index in [1.807, 2.05) is 31.6 Å². The highest BCUT2D eigenvalue weighted by atomic mass is 32.1. The van der Waals surface area contributed by atoms with Crippen LogP contribution in [0.3, 0.4) is 0 Å². The second kappa shape index (κ2) is 8.57. The molecule has 0 aliphatic carbocycles. The van der Waals surface area contributed by atoms with Gasteiger partial charge in [0.25, 0.3) is 0 Å². The van der Waals surface area contributed by atoms with Crippen molar-refractivity contribution >= 4 is 28.3 Å². The number of nitrogens with one attached hydrogen (secondary N) is 1. The molecule has 3 rings (SSSR count). The second-order valence-electron chi connectivity index (χ2n) is 6.33. The maximum atomic E-state index is 12.5. The van der Waals surface area contributed by atoms with Gasteiger partial charge in [-0.2, -0.15) is 5.10 Å². The SMILES string of the molecule is CCOCc1nnc(N2CC(C(=O)NCc3cn(CC)nc3C)CC2=O)s1. The molecule has 2 aromatic heterocycles. The molecule has 146 valence electrons. The van der Waals surface area contributed by atoms with Crippen LogP contribution >= 0.6 is 11.3 Å². The molecule has 3 heterocycles. The van der Waals surface area contributed by atoms with Gasteiger partial charge in [-0.15, -0.1) is 10.2 Å². The fourth-order valence-corrected chi connectivity index (χ4v) is 3.69. The summed E-state index contributed by atoms with van der Waals surface area (Å²) in [7, 11) is 0. The summed E-state index contributed by atoms with van der Waals surface area (Å²) in [6.07, 6.45) is 2.11. The molecule has 1 unspecified atom stereocenters. The van der Waals surface area contributed by atoms with Crippen molar-refractivity contribution in [2.45, 2.75) is 46.9 Å². The molecule has 1 N–H and O–H groups in total. The second-order valence-corrected chi connectivity index (χ2v) is 7.37. The van der Waals surface area contributed by atoms with Gasteiger partial charge in [0.1, 0.15) is 11.6 Å². The molecule has 1 fully saturated rings. The van der Waals surface area contributed by atoms with E-state index in [1.165, 1.54) is 16.2 Å². The smallest absolute Gasteiger partial charge is 0.229 e. The Kier molecular flexibility index (Phi) is 6.17. The number of aryl methyl sites for hydroxylation is 2. The van der Waals surface area contributed by atoms with Crippen LogP contribution in [-0.2, 0) is 34.0 Å². The number of rotatable bonds is 8. The molecule has 10 heteroatoms. The normalized spacial score (nSPS) is 16.9. The molecule has 1 saturated heterocycles. The molecule has 1 aliphatic rings. The van der Waals surface area contributed by atoms with Crippen molar-refractivity contribution in [3.8, 4) is 0 Å². The first kappa shape index (κ1) is 19.4. The Morgan fingerprint density at radius 3 is 2.93 bits per heavy atom. The maximum absolute atomic E-state index is 12.5. The fraction of sp³-hybridized carbons (Fsp3) is 0.588. The first-order chi connectivity index (χ1) is 13.0. The van der Waals surface area contributed by atoms with Crippen molar-refractivity contribution in [3.63, 3.8) is 0 Å². The quantitative estimate of drug-likeness (QED) is 0.726. The lowest BCUT2D eigenvalue weighted by atomic mass is 10.1. The molecule has 27 heavy (non-hydrogen) atoms. The van der Waals surface area contributed by atoms with Gasteiger partial charge in [0, 0.05) is 44.4 Å². The van der Waals surface area contributed by atoms with Gasteiger partial charge < -0.3 is 10.1 Å². The zero-order chi connectivity index (χ0) is 19.4. The highest BCUT2D eigenvalue weighted by molar-refractivity contribution is 7.15. The first-order valence-corrected chi connectivity index (χ1v) is 9.84. The molecular weight excluding hydrogens is 368 g/mol. The summed E-state index contributed by atoms with van der Waals surface area (Å²) in [4.78, 5) is 26.4. The van der Waals surface area contributed by atoms with E-state index >= 15 is 0 Å². The van der Waals surface area contributed by atoms with Gasteiger partial charge in [0.05, 0.1) is 11.6 Å². The number of carbonyl (C=O) groups is 2. The lowest BCUT2D eigenvalue weighted by Crippen LogP contribution is -2.32. The summed E-state index contributed by atoms with van der Waals surface area (Å²) >= 11 is 1.32. The Morgan fingerprint density at radius 2 is 2.22 bits per heavy atom. The van der Waals surface area contributed by atoms with Crippen molar-refractivity contribution in [2.24, 2.45) is 5.92 Å². The van der Waals surface area contributed by atoms with E-state index in [0.29, 0.717) is 31.4 Å². The average molecular weight is 392 g/mol. The molecule has 0 aromatic carbocycles. The van der Waals surface area contributed by atoms with Crippen LogP contribution in [-0.4, -0.2) is 44.9 Å². The van der Waals surface area contributed by atoms with Crippen LogP contribution in [0.5, 0.6) is 0 Å². The number of nitrogens with zero attached hydrogens (tertiary/aromatic N) is 5. The van der Waals surface area contributed by atoms with E-state index in [-0.39, 0.29) is 18.2 Å². The van der Waals surface area contributed by atoms with Gasteiger partial charge in [-0.25, -0.2) is 0 Å². The van der Waals surface area contributed by atoms with E-state index in [2.05, 4.69) is 20.6 Å². The van der Waals surface area contributed by atoms with Crippen molar-refractivity contribution in [2.75, 3.05) is 18.1 Å². The van der Waals surface area contributed by atoms with Gasteiger partial charge in [-0.05, 0) is 20.8 Å². The van der Waals surface area contributed by atoms with Crippen molar-refractivity contribution in [1.82, 2.24) is 25.3 Å². The fourth-order valence-electron chi connectivity index (χ4n) is 2.89. The zero-order valence-electron chi connectivity index (χ0n) is 15.8. The van der Waals surface area contributed by atoms with Crippen molar-refractivity contribution in [3.05, 3.63) is 22.5 Å². The number of aromatic nitrogens is 4. The van der Waals surface area contributed by atoms with E-state index < -0.39 is 5.92 Å². The standard InChI is InChI=1S/C17H24N6O3S/c1-4-22-8-13(11(3)21-22)7-18-16(25)12-6-15(24)23(9-12)17-20-19-14(27-17)10-26-5-2/h8,12H,4-7,9-10H2,1-3H3,(H,18,25). The number of carbonyl (C=O) groups excluding carboxylic acids is 2. The third kappa shape index (κ3) is 4.51. The minimum absolute atomic E-state index is 0.107. The minimum Gasteiger partial charge on any atom is -0.374 e. The largest absolute Gasteiger partial charge is 0.374 e. The van der Waals surface area contributed by atoms with E-state index in [1.54, 1.807) is 0 Å². The Labute approximate surface area is 161 Å². The van der Waals surface area contributed by atoms with Gasteiger partial charge in [-0.1, -0.05) is 11.3 Å². The topological polar surface area (TPSA) is 102 Å². The average Bonchev–Trinajstić information content (AvgIpc) is 3.36. The molecule has 2 aromatic rings. The molecule has 0 bridgehead atoms. The van der Waals surface area contributed by atoms with E-state index in [0.717, 1.165) is 22.8 Å². The van der Waals surface area contributed by atoms with Crippen LogP contribution in [0.1, 0.15) is 36.5 Å². The molecule has 0 radical (unpaired) electrons. The van der Waals surface area contributed by atoms with Crippen LogP contribution in [0.15, 0.2) is 6.20 Å². The van der Waals surface area contributed by atoms with Gasteiger partial charge in [0.2, 0.25) is 16.9 Å². The summed E-state index contributed by atoms with van der Waals surface area (Å²) in [5, 5.41) is 16.6. The summed E-state index contributed by atoms with van der Waals surface area (Å²) in [5.74, 6) is -0.629. The number of anilines is 1. The number of ether oxygens (including phenoxy) is 1. The van der Waals surface area contributed by atoms with E-state index in [4.69, 9.17) is 4.74 Å². The van der Waals surface area contributed by atoms with Crippen molar-refractivity contribution < 1.29 is 14.3 Å². The van der Waals surface area contributed by atoms with Crippen LogP contribution < -0.4 is 10.2 Å². The Bertz CT molecular complexity index is 817. The van der Waals surface area contributed by atoms with Crippen LogP contribution in [0.2, 0.25) is 0 Å². The van der Waals surface area contributed by atoms with Gasteiger partial charge in [0.15, 0.2) is 0 Å². The maximum Gasteiger partial charge on any atom is 0.229 e. The first-order valence-electron chi connectivity index (χ1n) is 9.02. The summed E-state index contributed by atoms with van der Waals surface area (Å²) in [6.45, 7) is 8.33. The molecular formula is C17H24N6O3S. The minimum atomic E-state index is -0.390. The van der Waals surface area contributed by atoms with Crippen LogP contribution in [0.4, 0.5) is 5.13 Å². The monoisotopic (exact) mass is 392 g/mol. The molecule has 0 spiro atoms. The lowest BCUT2D eigenvalue weighted by molar-refractivity contribution is -0.126. The summed E-state index contributed by atoms with van der Waals surface area (Å²) in [5.41, 5.74) is 1.88. The zero-order valence-corrected chi connectivity index (χ0v) is 16.6. The third-order valence-corrected chi connectivity index (χ3v) is 5.36. The Hall–Kier alpha value is -2.33. The predicted molar refractivity (Wildman–Crippen MR) is 100 cm³/mol. The number of amides is 2. The Morgan fingerprint density at radius 1 is 1.41 bits per heavy atom. The lowest BCUT2D eigenvalue weighted by Gasteiger charge is -2.12. The molecule has 0 saturated carbocycles. The summed E-state index contributed by atoms with van der Waals surface area (Å²) in [6, 6.07) is 0. The Balaban J connectivity index is 1.56. The molecule has 2 amide bonds. The molecule has 9 nitrogen and oxygen atoms in total. The highest BCUT2D eigenvalue weighted by Gasteiger charge is 2.36. The van der Waals surface area contributed by atoms with Crippen LogP contribution in [0.25, 0.3) is 0 Å². The highest BCUT2D eigenvalue weighted by Crippen LogP contribution is 2.28. The van der Waals surface area contributed by atoms with Crippen molar-refractivity contribution in [1.29, 1.82) is 0 Å².